The normalized spacial score (nSPS) is 13.6. The fraction of sp³-hybridized carbons (Fsp3) is 0.429. The Morgan fingerprint density at radius 3 is 2.45 bits per heavy atom. The van der Waals surface area contributed by atoms with Crippen molar-refractivity contribution in [3.8, 4) is 5.75 Å². The molecule has 0 radical (unpaired) electrons. The number of nitrogens with zero attached hydrogens (tertiary/aromatic N) is 2. The van der Waals surface area contributed by atoms with Crippen molar-refractivity contribution in [2.45, 2.75) is 32.5 Å². The first kappa shape index (κ1) is 23.6. The summed E-state index contributed by atoms with van der Waals surface area (Å²) in [6.45, 7) is 0.693. The van der Waals surface area contributed by atoms with Crippen LogP contribution in [0.1, 0.15) is 22.5 Å². The molecule has 29 heavy (non-hydrogen) atoms. The van der Waals surface area contributed by atoms with Crippen LogP contribution < -0.4 is 5.32 Å². The van der Waals surface area contributed by atoms with Gasteiger partial charge < -0.3 is 35.0 Å². The van der Waals surface area contributed by atoms with E-state index in [-0.39, 0.29) is 36.4 Å². The lowest BCUT2D eigenvalue weighted by Gasteiger charge is -2.20. The van der Waals surface area contributed by atoms with E-state index in [0.717, 1.165) is 0 Å². The van der Waals surface area contributed by atoms with E-state index in [1.165, 1.54) is 12.5 Å². The van der Waals surface area contributed by atoms with Gasteiger partial charge in [-0.25, -0.2) is 14.1 Å². The Morgan fingerprint density at radius 1 is 1.17 bits per heavy atom. The maximum atomic E-state index is 11.0. The first-order valence-corrected chi connectivity index (χ1v) is 11.3. The summed E-state index contributed by atoms with van der Waals surface area (Å²) in [6, 6.07) is -0.591. The minimum atomic E-state index is -4.73. The van der Waals surface area contributed by atoms with Crippen molar-refractivity contribution in [1.29, 1.82) is 0 Å². The van der Waals surface area contributed by atoms with Crippen LogP contribution in [0.5, 0.6) is 5.75 Å². The fourth-order valence-electron chi connectivity index (χ4n) is 2.44. The van der Waals surface area contributed by atoms with Crippen LogP contribution in [0, 0.1) is 6.92 Å². The summed E-state index contributed by atoms with van der Waals surface area (Å²) in [6.07, 6.45) is 4.59. The molecule has 7 N–H and O–H groups in total. The summed E-state index contributed by atoms with van der Waals surface area (Å²) in [7, 11) is -9.42. The molecular weight excluding hydrogens is 430 g/mol. The second-order valence-electron chi connectivity index (χ2n) is 6.11. The van der Waals surface area contributed by atoms with Gasteiger partial charge in [-0.1, -0.05) is 0 Å². The topological polar surface area (TPSA) is 207 Å². The maximum Gasteiger partial charge on any atom is 0.469 e. The van der Waals surface area contributed by atoms with E-state index in [2.05, 4.69) is 29.3 Å². The van der Waals surface area contributed by atoms with Gasteiger partial charge in [0.05, 0.1) is 25.2 Å². The predicted octanol–water partition coefficient (Wildman–Crippen LogP) is 0.238. The number of pyridine rings is 1. The van der Waals surface area contributed by atoms with Gasteiger partial charge in [0.15, 0.2) is 0 Å². The van der Waals surface area contributed by atoms with Crippen molar-refractivity contribution in [3.63, 3.8) is 0 Å². The minimum absolute atomic E-state index is 0.0155. The number of nitrogens with one attached hydrogen (secondary N) is 2. The SMILES string of the molecule is Cc1ncc(COP(=O)(O)O)c(CN[C@H](COP(=O)(O)O)Cc2cnc[nH]2)c1O. The second-order valence-corrected chi connectivity index (χ2v) is 8.58. The quantitative estimate of drug-likeness (QED) is 0.229. The van der Waals surface area contributed by atoms with Gasteiger partial charge >= 0.3 is 15.6 Å². The van der Waals surface area contributed by atoms with E-state index in [9.17, 15) is 14.2 Å². The van der Waals surface area contributed by atoms with Crippen LogP contribution in [0.15, 0.2) is 18.7 Å². The average Bonchev–Trinajstić information content (AvgIpc) is 3.11. The molecule has 15 heteroatoms. The maximum absolute atomic E-state index is 11.0. The lowest BCUT2D eigenvalue weighted by atomic mass is 10.1. The molecule has 0 spiro atoms. The van der Waals surface area contributed by atoms with E-state index in [1.54, 1.807) is 13.1 Å². The molecule has 0 aromatic carbocycles. The van der Waals surface area contributed by atoms with Gasteiger partial charge in [0, 0.05) is 48.2 Å². The van der Waals surface area contributed by atoms with Gasteiger partial charge in [0.2, 0.25) is 0 Å². The Hall–Kier alpha value is -1.66. The first-order chi connectivity index (χ1) is 13.4. The van der Waals surface area contributed by atoms with Gasteiger partial charge in [0.25, 0.3) is 0 Å². The Balaban J connectivity index is 2.16. The highest BCUT2D eigenvalue weighted by atomic mass is 31.2. The van der Waals surface area contributed by atoms with Gasteiger partial charge in [-0.3, -0.25) is 14.0 Å². The highest BCUT2D eigenvalue weighted by molar-refractivity contribution is 7.46. The molecule has 0 amide bonds. The second kappa shape index (κ2) is 9.90. The summed E-state index contributed by atoms with van der Waals surface area (Å²) in [5, 5.41) is 13.3. The molecule has 0 saturated heterocycles. The third kappa shape index (κ3) is 8.31. The third-order valence-corrected chi connectivity index (χ3v) is 4.80. The summed E-state index contributed by atoms with van der Waals surface area (Å²) < 4.78 is 31.0. The molecule has 0 fully saturated rings. The van der Waals surface area contributed by atoms with Crippen LogP contribution in [-0.4, -0.2) is 52.3 Å². The number of aromatic nitrogens is 3. The lowest BCUT2D eigenvalue weighted by Crippen LogP contribution is -2.35. The molecule has 0 aliphatic rings. The molecule has 2 aromatic rings. The van der Waals surface area contributed by atoms with Gasteiger partial charge in [-0.05, 0) is 6.92 Å². The number of aryl methyl sites for hydroxylation is 1. The third-order valence-electron chi connectivity index (χ3n) is 3.85. The summed E-state index contributed by atoms with van der Waals surface area (Å²) in [4.78, 5) is 46.4. The Morgan fingerprint density at radius 2 is 1.86 bits per heavy atom. The largest absolute Gasteiger partial charge is 0.506 e. The number of phosphoric acid groups is 2. The number of hydrogen-bond donors (Lipinski definition) is 7. The number of rotatable bonds is 11. The smallest absolute Gasteiger partial charge is 0.469 e. The number of imidazole rings is 1. The molecule has 0 aliphatic heterocycles. The van der Waals surface area contributed by atoms with E-state index >= 15 is 0 Å². The number of aromatic amines is 1. The van der Waals surface area contributed by atoms with E-state index < -0.39 is 28.3 Å². The highest BCUT2D eigenvalue weighted by Crippen LogP contribution is 2.38. The number of H-pyrrole nitrogens is 1. The van der Waals surface area contributed by atoms with Crippen molar-refractivity contribution < 1.29 is 42.9 Å². The summed E-state index contributed by atoms with van der Waals surface area (Å²) in [5.74, 6) is -0.194. The molecule has 162 valence electrons. The van der Waals surface area contributed by atoms with E-state index in [1.807, 2.05) is 0 Å². The molecule has 1 atom stereocenters. The Bertz CT molecular complexity index is 897. The van der Waals surface area contributed by atoms with Crippen LogP contribution >= 0.6 is 15.6 Å². The van der Waals surface area contributed by atoms with Crippen LogP contribution in [0.4, 0.5) is 0 Å². The lowest BCUT2D eigenvalue weighted by molar-refractivity contribution is 0.175. The van der Waals surface area contributed by atoms with Gasteiger partial charge in [-0.2, -0.15) is 0 Å². The zero-order chi connectivity index (χ0) is 21.7. The molecule has 2 rings (SSSR count). The van der Waals surface area contributed by atoms with Crippen molar-refractivity contribution in [2.24, 2.45) is 0 Å². The van der Waals surface area contributed by atoms with E-state index in [0.29, 0.717) is 11.4 Å². The molecule has 0 unspecified atom stereocenters. The Labute approximate surface area is 165 Å². The highest BCUT2D eigenvalue weighted by Gasteiger charge is 2.22. The zero-order valence-electron chi connectivity index (χ0n) is 15.3. The first-order valence-electron chi connectivity index (χ1n) is 8.21. The minimum Gasteiger partial charge on any atom is -0.506 e. The van der Waals surface area contributed by atoms with Crippen molar-refractivity contribution in [3.05, 3.63) is 41.2 Å². The molecule has 13 nitrogen and oxygen atoms in total. The molecule has 0 bridgehead atoms. The monoisotopic (exact) mass is 452 g/mol. The number of hydrogen-bond acceptors (Lipinski definition) is 8. The summed E-state index contributed by atoms with van der Waals surface area (Å²) in [5.41, 5.74) is 1.48. The number of phosphoric ester groups is 2. The molecule has 2 heterocycles. The number of aromatic hydroxyl groups is 1. The fourth-order valence-corrected chi connectivity index (χ4v) is 3.13. The van der Waals surface area contributed by atoms with Crippen LogP contribution in [0.3, 0.4) is 0 Å². The molecule has 0 saturated carbocycles. The molecular formula is C14H22N4O9P2. The average molecular weight is 452 g/mol. The van der Waals surface area contributed by atoms with Gasteiger partial charge in [0.1, 0.15) is 5.75 Å². The summed E-state index contributed by atoms with van der Waals surface area (Å²) >= 11 is 0. The predicted molar refractivity (Wildman–Crippen MR) is 98.4 cm³/mol. The van der Waals surface area contributed by atoms with E-state index in [4.69, 9.17) is 19.6 Å². The van der Waals surface area contributed by atoms with Crippen molar-refractivity contribution >= 4 is 15.6 Å². The Kier molecular flexibility index (Phi) is 8.06. The van der Waals surface area contributed by atoms with Crippen molar-refractivity contribution in [1.82, 2.24) is 20.3 Å². The molecule has 2 aromatic heterocycles. The van der Waals surface area contributed by atoms with Gasteiger partial charge in [-0.15, -0.1) is 0 Å². The zero-order valence-corrected chi connectivity index (χ0v) is 17.1. The van der Waals surface area contributed by atoms with Crippen molar-refractivity contribution in [2.75, 3.05) is 6.61 Å². The van der Waals surface area contributed by atoms with Crippen LogP contribution in [0.25, 0.3) is 0 Å². The molecule has 0 aliphatic carbocycles. The van der Waals surface area contributed by atoms with Crippen LogP contribution in [-0.2, 0) is 37.8 Å². The van der Waals surface area contributed by atoms with Crippen LogP contribution in [0.2, 0.25) is 0 Å². The standard InChI is InChI=1S/C14H22N4O9P2/c1-9-14(19)13(10(3-16-9)6-26-28(20,21)22)5-17-12(7-27-29(23,24)25)2-11-4-15-8-18-11/h3-4,8,12,17,19H,2,5-7H2,1H3,(H,15,18)(H2,20,21,22)(H2,23,24,25)/t12-/m0/s1.